The van der Waals surface area contributed by atoms with Gasteiger partial charge in [-0.15, -0.1) is 5.10 Å². The van der Waals surface area contributed by atoms with E-state index in [1.807, 2.05) is 6.07 Å². The van der Waals surface area contributed by atoms with Crippen molar-refractivity contribution < 1.29 is 9.53 Å². The van der Waals surface area contributed by atoms with Gasteiger partial charge in [-0.2, -0.15) is 5.10 Å². The van der Waals surface area contributed by atoms with Crippen LogP contribution in [-0.4, -0.2) is 38.9 Å². The Balaban J connectivity index is 1.47. The molecular formula is C16H13ClN6O2. The van der Waals surface area contributed by atoms with E-state index in [-0.39, 0.29) is 12.5 Å². The number of nitrogens with zero attached hydrogens (tertiary/aromatic N) is 5. The molecule has 1 amide bonds. The molecule has 0 fully saturated rings. The first-order chi connectivity index (χ1) is 12.2. The summed E-state index contributed by atoms with van der Waals surface area (Å²) in [5, 5.41) is 15.4. The maximum Gasteiger partial charge on any atom is 0.277 e. The van der Waals surface area contributed by atoms with Gasteiger partial charge >= 0.3 is 0 Å². The summed E-state index contributed by atoms with van der Waals surface area (Å²) in [5.74, 6) is 0.175. The molecule has 0 saturated heterocycles. The van der Waals surface area contributed by atoms with Gasteiger partial charge in [-0.05, 0) is 52.4 Å². The highest BCUT2D eigenvalue weighted by molar-refractivity contribution is 6.30. The fourth-order valence-electron chi connectivity index (χ4n) is 1.92. The van der Waals surface area contributed by atoms with Crippen molar-refractivity contribution in [1.29, 1.82) is 0 Å². The number of hydrogen-bond acceptors (Lipinski definition) is 6. The Kier molecular flexibility index (Phi) is 5.32. The van der Waals surface area contributed by atoms with E-state index in [4.69, 9.17) is 16.3 Å². The second-order valence-corrected chi connectivity index (χ2v) is 5.32. The minimum Gasteiger partial charge on any atom is -0.484 e. The molecule has 0 spiro atoms. The number of hydrogen-bond donors (Lipinski definition) is 1. The third-order valence-corrected chi connectivity index (χ3v) is 3.31. The van der Waals surface area contributed by atoms with E-state index in [9.17, 15) is 4.79 Å². The van der Waals surface area contributed by atoms with Crippen LogP contribution in [0.1, 0.15) is 5.56 Å². The molecule has 0 aliphatic heterocycles. The number of carbonyl (C=O) groups excluding carboxylic acids is 1. The molecule has 8 nitrogen and oxygen atoms in total. The summed E-state index contributed by atoms with van der Waals surface area (Å²) in [6.07, 6.45) is 2.99. The summed E-state index contributed by atoms with van der Waals surface area (Å²) in [6.45, 7) is -0.156. The molecule has 0 bridgehead atoms. The highest BCUT2D eigenvalue weighted by atomic mass is 35.5. The second kappa shape index (κ2) is 8.02. The van der Waals surface area contributed by atoms with Gasteiger partial charge in [0.25, 0.3) is 5.91 Å². The van der Waals surface area contributed by atoms with Gasteiger partial charge in [-0.3, -0.25) is 4.79 Å². The van der Waals surface area contributed by atoms with E-state index in [0.717, 1.165) is 11.3 Å². The number of aromatic nitrogens is 4. The van der Waals surface area contributed by atoms with Crippen molar-refractivity contribution in [2.24, 2.45) is 5.10 Å². The normalized spacial score (nSPS) is 10.8. The zero-order chi connectivity index (χ0) is 17.5. The van der Waals surface area contributed by atoms with Crippen molar-refractivity contribution in [2.45, 2.75) is 0 Å². The van der Waals surface area contributed by atoms with Gasteiger partial charge in [0.2, 0.25) is 0 Å². The Morgan fingerprint density at radius 3 is 2.84 bits per heavy atom. The molecule has 0 saturated carbocycles. The van der Waals surface area contributed by atoms with E-state index in [1.165, 1.54) is 17.2 Å². The minimum atomic E-state index is -0.372. The van der Waals surface area contributed by atoms with Crippen molar-refractivity contribution in [1.82, 2.24) is 25.6 Å². The Hall–Kier alpha value is -3.26. The molecule has 1 heterocycles. The summed E-state index contributed by atoms with van der Waals surface area (Å²) >= 11 is 5.87. The van der Waals surface area contributed by atoms with Crippen LogP contribution in [0.25, 0.3) is 5.69 Å². The summed E-state index contributed by atoms with van der Waals surface area (Å²) in [5.41, 5.74) is 3.96. The van der Waals surface area contributed by atoms with Crippen molar-refractivity contribution in [3.63, 3.8) is 0 Å². The van der Waals surface area contributed by atoms with Crippen LogP contribution in [0.15, 0.2) is 60.0 Å². The van der Waals surface area contributed by atoms with Gasteiger partial charge in [0.05, 0.1) is 11.9 Å². The minimum absolute atomic E-state index is 0.156. The monoisotopic (exact) mass is 356 g/mol. The second-order valence-electron chi connectivity index (χ2n) is 4.89. The van der Waals surface area contributed by atoms with Crippen molar-refractivity contribution in [3.8, 4) is 11.4 Å². The van der Waals surface area contributed by atoms with E-state index in [2.05, 4.69) is 26.1 Å². The molecule has 9 heteroatoms. The van der Waals surface area contributed by atoms with Gasteiger partial charge in [0.1, 0.15) is 12.1 Å². The third kappa shape index (κ3) is 4.85. The predicted molar refractivity (Wildman–Crippen MR) is 91.8 cm³/mol. The standard InChI is InChI=1S/C16H13ClN6O2/c17-13-3-1-2-12(8-13)9-18-20-16(24)10-25-15-6-4-14(5-7-15)23-11-19-21-22-23/h1-9,11H,10H2,(H,20,24)/b18-9+. The molecule has 0 aliphatic carbocycles. The Labute approximate surface area is 148 Å². The molecular weight excluding hydrogens is 344 g/mol. The first-order valence-corrected chi connectivity index (χ1v) is 7.62. The number of nitrogens with one attached hydrogen (secondary N) is 1. The van der Waals surface area contributed by atoms with Crippen LogP contribution in [0.3, 0.4) is 0 Å². The molecule has 3 aromatic rings. The summed E-state index contributed by atoms with van der Waals surface area (Å²) in [6, 6.07) is 14.1. The molecule has 2 aromatic carbocycles. The first kappa shape index (κ1) is 16.6. The van der Waals surface area contributed by atoms with Crippen LogP contribution in [0.4, 0.5) is 0 Å². The van der Waals surface area contributed by atoms with Crippen molar-refractivity contribution in [2.75, 3.05) is 6.61 Å². The lowest BCUT2D eigenvalue weighted by molar-refractivity contribution is -0.123. The molecule has 1 aromatic heterocycles. The number of amides is 1. The zero-order valence-corrected chi connectivity index (χ0v) is 13.7. The lowest BCUT2D eigenvalue weighted by Gasteiger charge is -2.06. The highest BCUT2D eigenvalue weighted by Gasteiger charge is 2.03. The van der Waals surface area contributed by atoms with Crippen LogP contribution in [0.5, 0.6) is 5.75 Å². The van der Waals surface area contributed by atoms with Gasteiger partial charge < -0.3 is 4.74 Å². The smallest absolute Gasteiger partial charge is 0.277 e. The van der Waals surface area contributed by atoms with Crippen LogP contribution in [0.2, 0.25) is 5.02 Å². The predicted octanol–water partition coefficient (Wildman–Crippen LogP) is 1.84. The fourth-order valence-corrected chi connectivity index (χ4v) is 2.12. The number of benzene rings is 2. The topological polar surface area (TPSA) is 94.3 Å². The maximum absolute atomic E-state index is 11.7. The summed E-state index contributed by atoms with van der Waals surface area (Å²) < 4.78 is 6.91. The SMILES string of the molecule is O=C(COc1ccc(-n2cnnn2)cc1)N/N=C/c1cccc(Cl)c1. The third-order valence-electron chi connectivity index (χ3n) is 3.07. The zero-order valence-electron chi connectivity index (χ0n) is 12.9. The first-order valence-electron chi connectivity index (χ1n) is 7.24. The van der Waals surface area contributed by atoms with E-state index < -0.39 is 0 Å². The van der Waals surface area contributed by atoms with Crippen LogP contribution >= 0.6 is 11.6 Å². The lowest BCUT2D eigenvalue weighted by atomic mass is 10.2. The average Bonchev–Trinajstić information content (AvgIpc) is 3.15. The number of ether oxygens (including phenoxy) is 1. The molecule has 126 valence electrons. The molecule has 1 N–H and O–H groups in total. The number of carbonyl (C=O) groups is 1. The van der Waals surface area contributed by atoms with Gasteiger partial charge in [0, 0.05) is 5.02 Å². The Morgan fingerprint density at radius 1 is 1.28 bits per heavy atom. The van der Waals surface area contributed by atoms with Crippen LogP contribution in [-0.2, 0) is 4.79 Å². The largest absolute Gasteiger partial charge is 0.484 e. The van der Waals surface area contributed by atoms with Gasteiger partial charge in [0.15, 0.2) is 6.61 Å². The van der Waals surface area contributed by atoms with Crippen LogP contribution in [0, 0.1) is 0 Å². The number of tetrazole rings is 1. The van der Waals surface area contributed by atoms with Gasteiger partial charge in [-0.1, -0.05) is 23.7 Å². The van der Waals surface area contributed by atoms with Crippen molar-refractivity contribution >= 4 is 23.7 Å². The Morgan fingerprint density at radius 2 is 2.12 bits per heavy atom. The number of rotatable bonds is 6. The molecule has 0 radical (unpaired) electrons. The highest BCUT2D eigenvalue weighted by Crippen LogP contribution is 2.14. The van der Waals surface area contributed by atoms with E-state index in [0.29, 0.717) is 10.8 Å². The summed E-state index contributed by atoms with van der Waals surface area (Å²) in [4.78, 5) is 11.7. The molecule has 25 heavy (non-hydrogen) atoms. The molecule has 0 unspecified atom stereocenters. The van der Waals surface area contributed by atoms with Crippen molar-refractivity contribution in [3.05, 3.63) is 65.4 Å². The quantitative estimate of drug-likeness (QED) is 0.537. The van der Waals surface area contributed by atoms with Crippen LogP contribution < -0.4 is 10.2 Å². The molecule has 0 aliphatic rings. The molecule has 0 atom stereocenters. The average molecular weight is 357 g/mol. The number of hydrazone groups is 1. The Bertz CT molecular complexity index is 865. The fraction of sp³-hybridized carbons (Fsp3) is 0.0625. The molecule has 3 rings (SSSR count). The van der Waals surface area contributed by atoms with Gasteiger partial charge in [-0.25, -0.2) is 10.1 Å². The summed E-state index contributed by atoms with van der Waals surface area (Å²) in [7, 11) is 0. The number of halogens is 1. The lowest BCUT2D eigenvalue weighted by Crippen LogP contribution is -2.24. The van der Waals surface area contributed by atoms with E-state index >= 15 is 0 Å². The maximum atomic E-state index is 11.7. The van der Waals surface area contributed by atoms with E-state index in [1.54, 1.807) is 42.5 Å².